The molecule has 3 atom stereocenters. The molecule has 0 saturated heterocycles. The fourth-order valence-electron chi connectivity index (χ4n) is 2.73. The highest BCUT2D eigenvalue weighted by atomic mass is 35.5. The summed E-state index contributed by atoms with van der Waals surface area (Å²) < 4.78 is 0. The molecule has 1 aromatic rings. The van der Waals surface area contributed by atoms with Gasteiger partial charge in [-0.05, 0) is 49.9 Å². The Bertz CT molecular complexity index is 367. The molecule has 1 fully saturated rings. The van der Waals surface area contributed by atoms with E-state index in [1.807, 2.05) is 18.2 Å². The van der Waals surface area contributed by atoms with Crippen molar-refractivity contribution in [2.24, 2.45) is 11.7 Å². The van der Waals surface area contributed by atoms with E-state index in [2.05, 4.69) is 18.3 Å². The lowest BCUT2D eigenvalue weighted by Gasteiger charge is -2.24. The van der Waals surface area contributed by atoms with Gasteiger partial charge in [0.2, 0.25) is 0 Å². The molecule has 94 valence electrons. The third-order valence-electron chi connectivity index (χ3n) is 3.77. The molecule has 0 amide bonds. The summed E-state index contributed by atoms with van der Waals surface area (Å²) in [5.41, 5.74) is 7.05. The minimum Gasteiger partial charge on any atom is -0.330 e. The molecule has 1 saturated carbocycles. The van der Waals surface area contributed by atoms with Gasteiger partial charge in [-0.3, -0.25) is 0 Å². The van der Waals surface area contributed by atoms with Crippen molar-refractivity contribution in [3.63, 3.8) is 0 Å². The predicted octanol–water partition coefficient (Wildman–Crippen LogP) is 3.12. The SMILES string of the molecule is C[C@H](NC1CCCC1CN)c1cccc(Cl)c1. The van der Waals surface area contributed by atoms with Crippen molar-refractivity contribution < 1.29 is 0 Å². The van der Waals surface area contributed by atoms with Gasteiger partial charge < -0.3 is 11.1 Å². The molecular weight excluding hydrogens is 232 g/mol. The molecule has 0 aliphatic heterocycles. The molecule has 2 rings (SSSR count). The Morgan fingerprint density at radius 3 is 3.00 bits per heavy atom. The Hall–Kier alpha value is -0.570. The maximum Gasteiger partial charge on any atom is 0.0409 e. The monoisotopic (exact) mass is 252 g/mol. The quantitative estimate of drug-likeness (QED) is 0.864. The third kappa shape index (κ3) is 3.21. The number of benzene rings is 1. The predicted molar refractivity (Wildman–Crippen MR) is 73.2 cm³/mol. The van der Waals surface area contributed by atoms with E-state index in [1.54, 1.807) is 0 Å². The van der Waals surface area contributed by atoms with E-state index in [9.17, 15) is 0 Å². The molecule has 2 unspecified atom stereocenters. The van der Waals surface area contributed by atoms with Gasteiger partial charge in [0, 0.05) is 17.1 Å². The minimum atomic E-state index is 0.339. The van der Waals surface area contributed by atoms with Gasteiger partial charge in [-0.1, -0.05) is 30.2 Å². The van der Waals surface area contributed by atoms with Gasteiger partial charge in [-0.15, -0.1) is 0 Å². The summed E-state index contributed by atoms with van der Waals surface area (Å²) in [5, 5.41) is 4.49. The summed E-state index contributed by atoms with van der Waals surface area (Å²) in [6.45, 7) is 2.98. The van der Waals surface area contributed by atoms with Crippen molar-refractivity contribution >= 4 is 11.6 Å². The summed E-state index contributed by atoms with van der Waals surface area (Å²) in [6, 6.07) is 8.97. The highest BCUT2D eigenvalue weighted by Crippen LogP contribution is 2.27. The molecule has 0 bridgehead atoms. The van der Waals surface area contributed by atoms with Gasteiger partial charge in [0.15, 0.2) is 0 Å². The lowest BCUT2D eigenvalue weighted by Crippen LogP contribution is -2.37. The zero-order valence-electron chi connectivity index (χ0n) is 10.3. The van der Waals surface area contributed by atoms with Crippen LogP contribution in [0.3, 0.4) is 0 Å². The van der Waals surface area contributed by atoms with E-state index in [4.69, 9.17) is 17.3 Å². The lowest BCUT2D eigenvalue weighted by molar-refractivity contribution is 0.374. The van der Waals surface area contributed by atoms with Crippen LogP contribution in [0, 0.1) is 5.92 Å². The van der Waals surface area contributed by atoms with Gasteiger partial charge in [-0.2, -0.15) is 0 Å². The number of rotatable bonds is 4. The fraction of sp³-hybridized carbons (Fsp3) is 0.571. The van der Waals surface area contributed by atoms with Crippen LogP contribution >= 0.6 is 11.6 Å². The normalized spacial score (nSPS) is 26.1. The number of hydrogen-bond acceptors (Lipinski definition) is 2. The summed E-state index contributed by atoms with van der Waals surface area (Å²) in [7, 11) is 0. The highest BCUT2D eigenvalue weighted by molar-refractivity contribution is 6.30. The maximum absolute atomic E-state index is 6.01. The topological polar surface area (TPSA) is 38.0 Å². The first-order valence-electron chi connectivity index (χ1n) is 6.42. The van der Waals surface area contributed by atoms with Crippen LogP contribution in [0.25, 0.3) is 0 Å². The molecule has 1 aliphatic carbocycles. The average Bonchev–Trinajstić information content (AvgIpc) is 2.76. The molecule has 1 aromatic carbocycles. The molecule has 3 N–H and O–H groups in total. The van der Waals surface area contributed by atoms with Crippen molar-refractivity contribution in [3.05, 3.63) is 34.9 Å². The molecular formula is C14H21ClN2. The van der Waals surface area contributed by atoms with Crippen LogP contribution < -0.4 is 11.1 Å². The van der Waals surface area contributed by atoms with Crippen LogP contribution in [-0.2, 0) is 0 Å². The molecule has 0 radical (unpaired) electrons. The van der Waals surface area contributed by atoms with Gasteiger partial charge in [0.05, 0.1) is 0 Å². The summed E-state index contributed by atoms with van der Waals surface area (Å²) in [5.74, 6) is 0.636. The van der Waals surface area contributed by atoms with E-state index in [0.717, 1.165) is 11.6 Å². The first-order chi connectivity index (χ1) is 8.20. The standard InChI is InChI=1S/C14H21ClN2/c1-10(11-4-2-6-13(15)8-11)17-14-7-3-5-12(14)9-16/h2,4,6,8,10,12,14,17H,3,5,7,9,16H2,1H3/t10-,12?,14?/m0/s1. The van der Waals surface area contributed by atoms with Crippen LogP contribution in [0.15, 0.2) is 24.3 Å². The van der Waals surface area contributed by atoms with Crippen LogP contribution in [-0.4, -0.2) is 12.6 Å². The average molecular weight is 253 g/mol. The van der Waals surface area contributed by atoms with Gasteiger partial charge in [0.25, 0.3) is 0 Å². The second-order valence-electron chi connectivity index (χ2n) is 4.98. The van der Waals surface area contributed by atoms with Crippen molar-refractivity contribution in [2.45, 2.75) is 38.3 Å². The Balaban J connectivity index is 1.99. The van der Waals surface area contributed by atoms with E-state index < -0.39 is 0 Å². The number of hydrogen-bond donors (Lipinski definition) is 2. The van der Waals surface area contributed by atoms with E-state index in [0.29, 0.717) is 18.0 Å². The van der Waals surface area contributed by atoms with Crippen molar-refractivity contribution in [1.29, 1.82) is 0 Å². The molecule has 1 aliphatic rings. The van der Waals surface area contributed by atoms with E-state index in [1.165, 1.54) is 24.8 Å². The Morgan fingerprint density at radius 1 is 1.47 bits per heavy atom. The zero-order valence-corrected chi connectivity index (χ0v) is 11.1. The first-order valence-corrected chi connectivity index (χ1v) is 6.80. The highest BCUT2D eigenvalue weighted by Gasteiger charge is 2.27. The molecule has 0 heterocycles. The van der Waals surface area contributed by atoms with Crippen LogP contribution in [0.2, 0.25) is 5.02 Å². The summed E-state index contributed by atoms with van der Waals surface area (Å²) in [4.78, 5) is 0. The van der Waals surface area contributed by atoms with Crippen LogP contribution in [0.4, 0.5) is 0 Å². The minimum absolute atomic E-state index is 0.339. The van der Waals surface area contributed by atoms with Crippen molar-refractivity contribution in [3.8, 4) is 0 Å². The fourth-order valence-corrected chi connectivity index (χ4v) is 2.93. The number of nitrogens with two attached hydrogens (primary N) is 1. The smallest absolute Gasteiger partial charge is 0.0409 e. The summed E-state index contributed by atoms with van der Waals surface area (Å²) >= 11 is 6.01. The maximum atomic E-state index is 6.01. The molecule has 0 spiro atoms. The molecule has 3 heteroatoms. The molecule has 17 heavy (non-hydrogen) atoms. The largest absolute Gasteiger partial charge is 0.330 e. The number of halogens is 1. The Kier molecular flexibility index (Phi) is 4.43. The van der Waals surface area contributed by atoms with E-state index >= 15 is 0 Å². The van der Waals surface area contributed by atoms with E-state index in [-0.39, 0.29) is 0 Å². The van der Waals surface area contributed by atoms with Gasteiger partial charge >= 0.3 is 0 Å². The molecule has 2 nitrogen and oxygen atoms in total. The second kappa shape index (κ2) is 5.85. The molecule has 0 aromatic heterocycles. The van der Waals surface area contributed by atoms with Gasteiger partial charge in [-0.25, -0.2) is 0 Å². The number of nitrogens with one attached hydrogen (secondary N) is 1. The second-order valence-corrected chi connectivity index (χ2v) is 5.41. The first kappa shape index (κ1) is 12.9. The van der Waals surface area contributed by atoms with Crippen molar-refractivity contribution in [2.75, 3.05) is 6.54 Å². The Labute approximate surface area is 109 Å². The zero-order chi connectivity index (χ0) is 12.3. The van der Waals surface area contributed by atoms with Crippen molar-refractivity contribution in [1.82, 2.24) is 5.32 Å². The Morgan fingerprint density at radius 2 is 2.29 bits per heavy atom. The lowest BCUT2D eigenvalue weighted by atomic mass is 10.0. The third-order valence-corrected chi connectivity index (χ3v) is 4.01. The van der Waals surface area contributed by atoms with Crippen LogP contribution in [0.5, 0.6) is 0 Å². The van der Waals surface area contributed by atoms with Crippen LogP contribution in [0.1, 0.15) is 37.8 Å². The van der Waals surface area contributed by atoms with Gasteiger partial charge in [0.1, 0.15) is 0 Å². The summed E-state index contributed by atoms with van der Waals surface area (Å²) in [6.07, 6.45) is 3.80.